The van der Waals surface area contributed by atoms with Gasteiger partial charge in [-0.25, -0.2) is 0 Å². The molecule has 0 aliphatic carbocycles. The lowest BCUT2D eigenvalue weighted by Gasteiger charge is -2.31. The van der Waals surface area contributed by atoms with E-state index in [9.17, 15) is 0 Å². The van der Waals surface area contributed by atoms with E-state index in [0.717, 1.165) is 6.54 Å². The van der Waals surface area contributed by atoms with Crippen LogP contribution >= 0.6 is 0 Å². The van der Waals surface area contributed by atoms with Gasteiger partial charge in [-0.1, -0.05) is 6.08 Å². The molecule has 0 bridgehead atoms. The highest BCUT2D eigenvalue weighted by atomic mass is 15.2. The van der Waals surface area contributed by atoms with E-state index in [2.05, 4.69) is 16.8 Å². The molecule has 64 valence electrons. The smallest absolute Gasteiger partial charge is 0.0192 e. The van der Waals surface area contributed by atoms with Crippen molar-refractivity contribution in [1.82, 2.24) is 10.2 Å². The number of likely N-dealkylation sites (tertiary alicyclic amines) is 1. The third-order valence-corrected chi connectivity index (χ3v) is 2.30. The Labute approximate surface area is 69.3 Å². The summed E-state index contributed by atoms with van der Waals surface area (Å²) in [4.78, 5) is 2.44. The van der Waals surface area contributed by atoms with E-state index >= 15 is 0 Å². The van der Waals surface area contributed by atoms with Crippen molar-refractivity contribution in [2.24, 2.45) is 0 Å². The molecule has 1 atom stereocenters. The monoisotopic (exact) mass is 154 g/mol. The van der Waals surface area contributed by atoms with Crippen LogP contribution in [0.3, 0.4) is 0 Å². The van der Waals surface area contributed by atoms with Gasteiger partial charge in [0.15, 0.2) is 0 Å². The van der Waals surface area contributed by atoms with E-state index in [1.165, 1.54) is 25.9 Å². The lowest BCUT2D eigenvalue weighted by molar-refractivity contribution is 0.213. The second-order valence-electron chi connectivity index (χ2n) is 3.18. The first-order valence-corrected chi connectivity index (χ1v) is 4.37. The van der Waals surface area contributed by atoms with Crippen LogP contribution in [0.4, 0.5) is 0 Å². The molecule has 11 heavy (non-hydrogen) atoms. The quantitative estimate of drug-likeness (QED) is 0.606. The molecule has 1 aliphatic rings. The molecule has 0 spiro atoms. The van der Waals surface area contributed by atoms with E-state index in [4.69, 9.17) is 0 Å². The summed E-state index contributed by atoms with van der Waals surface area (Å²) in [6.07, 6.45) is 4.63. The fourth-order valence-electron chi connectivity index (χ4n) is 1.64. The molecule has 1 rings (SSSR count). The zero-order valence-electron chi connectivity index (χ0n) is 7.34. The number of nitrogens with one attached hydrogen (secondary N) is 1. The Kier molecular flexibility index (Phi) is 3.60. The zero-order chi connectivity index (χ0) is 8.10. The molecule has 1 fully saturated rings. The van der Waals surface area contributed by atoms with Gasteiger partial charge >= 0.3 is 0 Å². The first-order chi connectivity index (χ1) is 5.36. The molecular weight excluding hydrogens is 136 g/mol. The van der Waals surface area contributed by atoms with Crippen LogP contribution in [0.2, 0.25) is 0 Å². The van der Waals surface area contributed by atoms with Crippen molar-refractivity contribution in [3.63, 3.8) is 0 Å². The third-order valence-electron chi connectivity index (χ3n) is 2.30. The molecule has 1 saturated heterocycles. The van der Waals surface area contributed by atoms with Crippen LogP contribution in [0.5, 0.6) is 0 Å². The summed E-state index contributed by atoms with van der Waals surface area (Å²) in [5, 5.41) is 3.32. The number of rotatable bonds is 3. The fourth-order valence-corrected chi connectivity index (χ4v) is 1.64. The molecule has 0 aromatic carbocycles. The lowest BCUT2D eigenvalue weighted by Crippen LogP contribution is -2.44. The number of piperidine rings is 1. The van der Waals surface area contributed by atoms with Gasteiger partial charge < -0.3 is 5.32 Å². The largest absolute Gasteiger partial charge is 0.316 e. The summed E-state index contributed by atoms with van der Waals surface area (Å²) >= 11 is 0. The Balaban J connectivity index is 2.27. The Bertz CT molecular complexity index is 123. The van der Waals surface area contributed by atoms with Gasteiger partial charge in [0.05, 0.1) is 0 Å². The molecule has 0 saturated carbocycles. The first kappa shape index (κ1) is 8.75. The molecule has 0 aromatic rings. The topological polar surface area (TPSA) is 15.3 Å². The third kappa shape index (κ3) is 2.64. The zero-order valence-corrected chi connectivity index (χ0v) is 7.34. The highest BCUT2D eigenvalue weighted by Crippen LogP contribution is 2.08. The average Bonchev–Trinajstić information content (AvgIpc) is 2.06. The van der Waals surface area contributed by atoms with Gasteiger partial charge in [0.25, 0.3) is 0 Å². The summed E-state index contributed by atoms with van der Waals surface area (Å²) in [6, 6.07) is 0.698. The Morgan fingerprint density at radius 2 is 2.55 bits per heavy atom. The summed E-state index contributed by atoms with van der Waals surface area (Å²) < 4.78 is 0. The maximum Gasteiger partial charge on any atom is 0.0192 e. The van der Waals surface area contributed by atoms with Gasteiger partial charge in [0, 0.05) is 19.1 Å². The average molecular weight is 154 g/mol. The SMILES string of the molecule is C=CCN1CCCC(NC)C1. The molecule has 2 nitrogen and oxygen atoms in total. The van der Waals surface area contributed by atoms with Crippen LogP contribution < -0.4 is 5.32 Å². The number of hydrogen-bond acceptors (Lipinski definition) is 2. The summed E-state index contributed by atoms with van der Waals surface area (Å²) in [5.74, 6) is 0. The van der Waals surface area contributed by atoms with Gasteiger partial charge in [-0.05, 0) is 26.4 Å². The molecular formula is C9H18N2. The van der Waals surface area contributed by atoms with Crippen molar-refractivity contribution < 1.29 is 0 Å². The minimum Gasteiger partial charge on any atom is -0.316 e. The molecule has 1 heterocycles. The normalized spacial score (nSPS) is 26.8. The number of nitrogens with zero attached hydrogens (tertiary/aromatic N) is 1. The van der Waals surface area contributed by atoms with Crippen molar-refractivity contribution in [3.8, 4) is 0 Å². The Morgan fingerprint density at radius 3 is 3.18 bits per heavy atom. The Morgan fingerprint density at radius 1 is 1.73 bits per heavy atom. The maximum absolute atomic E-state index is 3.74. The molecule has 2 heteroatoms. The fraction of sp³-hybridized carbons (Fsp3) is 0.778. The second-order valence-corrected chi connectivity index (χ2v) is 3.18. The van der Waals surface area contributed by atoms with Gasteiger partial charge in [-0.2, -0.15) is 0 Å². The maximum atomic E-state index is 3.74. The van der Waals surface area contributed by atoms with E-state index in [-0.39, 0.29) is 0 Å². The van der Waals surface area contributed by atoms with Crippen LogP contribution in [-0.4, -0.2) is 37.6 Å². The molecule has 0 aromatic heterocycles. The molecule has 1 N–H and O–H groups in total. The molecule has 1 aliphatic heterocycles. The summed E-state index contributed by atoms with van der Waals surface area (Å²) in [6.45, 7) is 7.21. The van der Waals surface area contributed by atoms with Crippen LogP contribution in [0.15, 0.2) is 12.7 Å². The van der Waals surface area contributed by atoms with E-state index in [0.29, 0.717) is 6.04 Å². The predicted octanol–water partition coefficient (Wildman–Crippen LogP) is 0.856. The number of hydrogen-bond donors (Lipinski definition) is 1. The van der Waals surface area contributed by atoms with Gasteiger partial charge in [0.2, 0.25) is 0 Å². The van der Waals surface area contributed by atoms with Gasteiger partial charge in [-0.3, -0.25) is 4.90 Å². The minimum atomic E-state index is 0.698. The van der Waals surface area contributed by atoms with Crippen molar-refractivity contribution in [1.29, 1.82) is 0 Å². The Hall–Kier alpha value is -0.340. The molecule has 1 unspecified atom stereocenters. The lowest BCUT2D eigenvalue weighted by atomic mass is 10.1. The van der Waals surface area contributed by atoms with Crippen LogP contribution in [0.25, 0.3) is 0 Å². The molecule has 0 radical (unpaired) electrons. The summed E-state index contributed by atoms with van der Waals surface area (Å²) in [5.41, 5.74) is 0. The van der Waals surface area contributed by atoms with Gasteiger partial charge in [0.1, 0.15) is 0 Å². The van der Waals surface area contributed by atoms with Gasteiger partial charge in [-0.15, -0.1) is 6.58 Å². The van der Waals surface area contributed by atoms with Crippen molar-refractivity contribution in [2.45, 2.75) is 18.9 Å². The van der Waals surface area contributed by atoms with E-state index < -0.39 is 0 Å². The highest BCUT2D eigenvalue weighted by Gasteiger charge is 2.16. The first-order valence-electron chi connectivity index (χ1n) is 4.37. The van der Waals surface area contributed by atoms with Crippen LogP contribution in [0, 0.1) is 0 Å². The van der Waals surface area contributed by atoms with E-state index in [1.54, 1.807) is 0 Å². The second kappa shape index (κ2) is 4.52. The van der Waals surface area contributed by atoms with Crippen molar-refractivity contribution in [2.75, 3.05) is 26.7 Å². The van der Waals surface area contributed by atoms with E-state index in [1.807, 2.05) is 13.1 Å². The van der Waals surface area contributed by atoms with Crippen LogP contribution in [0.1, 0.15) is 12.8 Å². The standard InChI is InChI=1S/C9H18N2/c1-3-6-11-7-4-5-9(8-11)10-2/h3,9-10H,1,4-8H2,2H3. The number of likely N-dealkylation sites (N-methyl/N-ethyl adjacent to an activating group) is 1. The predicted molar refractivity (Wildman–Crippen MR) is 48.7 cm³/mol. The minimum absolute atomic E-state index is 0.698. The molecule has 0 amide bonds. The summed E-state index contributed by atoms with van der Waals surface area (Å²) in [7, 11) is 2.04. The highest BCUT2D eigenvalue weighted by molar-refractivity contribution is 4.81. The van der Waals surface area contributed by atoms with Crippen LogP contribution in [-0.2, 0) is 0 Å². The van der Waals surface area contributed by atoms with Crippen molar-refractivity contribution in [3.05, 3.63) is 12.7 Å². The van der Waals surface area contributed by atoms with Crippen molar-refractivity contribution >= 4 is 0 Å².